The normalized spacial score (nSPS) is 10.5. The van der Waals surface area contributed by atoms with Crippen LogP contribution in [0.4, 0.5) is 0 Å². The summed E-state index contributed by atoms with van der Waals surface area (Å²) in [7, 11) is 3.77. The van der Waals surface area contributed by atoms with Crippen molar-refractivity contribution in [3.63, 3.8) is 0 Å². The first-order chi connectivity index (χ1) is 6.09. The molecule has 0 bridgehead atoms. The van der Waals surface area contributed by atoms with Crippen molar-refractivity contribution < 1.29 is 4.79 Å². The lowest BCUT2D eigenvalue weighted by Crippen LogP contribution is -2.21. The molecular weight excluding hydrogens is 230 g/mol. The van der Waals surface area contributed by atoms with Gasteiger partial charge in [0, 0.05) is 10.0 Å². The molecule has 0 radical (unpaired) electrons. The number of likely N-dealkylation sites (N-methyl/N-ethyl adjacent to an activating group) is 1. The van der Waals surface area contributed by atoms with Crippen LogP contribution in [-0.2, 0) is 0 Å². The maximum absolute atomic E-state index is 11.5. The van der Waals surface area contributed by atoms with Crippen LogP contribution in [0.1, 0.15) is 10.4 Å². The lowest BCUT2D eigenvalue weighted by atomic mass is 10.1. The van der Waals surface area contributed by atoms with Gasteiger partial charge < -0.3 is 4.90 Å². The van der Waals surface area contributed by atoms with Gasteiger partial charge in [-0.2, -0.15) is 0 Å². The summed E-state index contributed by atoms with van der Waals surface area (Å²) < 4.78 is 0.942. The lowest BCUT2D eigenvalue weighted by molar-refractivity contribution is 0.0958. The van der Waals surface area contributed by atoms with Gasteiger partial charge in [0.05, 0.1) is 6.54 Å². The van der Waals surface area contributed by atoms with Gasteiger partial charge in [-0.3, -0.25) is 4.79 Å². The van der Waals surface area contributed by atoms with Crippen molar-refractivity contribution in [2.75, 3.05) is 20.6 Å². The average Bonchev–Trinajstić information content (AvgIpc) is 2.03. The van der Waals surface area contributed by atoms with Crippen molar-refractivity contribution in [2.45, 2.75) is 0 Å². The summed E-state index contributed by atoms with van der Waals surface area (Å²) in [5.41, 5.74) is 0.753. The quantitative estimate of drug-likeness (QED) is 0.757. The van der Waals surface area contributed by atoms with Crippen molar-refractivity contribution in [2.24, 2.45) is 0 Å². The van der Waals surface area contributed by atoms with E-state index in [2.05, 4.69) is 15.9 Å². The van der Waals surface area contributed by atoms with Crippen molar-refractivity contribution in [3.05, 3.63) is 34.3 Å². The number of halogens is 1. The van der Waals surface area contributed by atoms with Gasteiger partial charge in [-0.05, 0) is 26.2 Å². The molecule has 0 aliphatic rings. The van der Waals surface area contributed by atoms with E-state index in [0.717, 1.165) is 10.0 Å². The van der Waals surface area contributed by atoms with Crippen molar-refractivity contribution in [3.8, 4) is 0 Å². The van der Waals surface area contributed by atoms with Crippen molar-refractivity contribution in [1.82, 2.24) is 4.90 Å². The van der Waals surface area contributed by atoms with E-state index < -0.39 is 0 Å². The Morgan fingerprint density at radius 1 is 1.46 bits per heavy atom. The fourth-order valence-corrected chi connectivity index (χ4v) is 1.44. The molecule has 1 rings (SSSR count). The molecule has 0 heterocycles. The second-order valence-electron chi connectivity index (χ2n) is 3.17. The molecule has 0 N–H and O–H groups in total. The van der Waals surface area contributed by atoms with Gasteiger partial charge in [-0.1, -0.05) is 28.1 Å². The Balaban J connectivity index is 2.77. The summed E-state index contributed by atoms with van der Waals surface area (Å²) in [5, 5.41) is 0. The molecule has 1 aromatic carbocycles. The fraction of sp³-hybridized carbons (Fsp3) is 0.300. The third kappa shape index (κ3) is 3.28. The van der Waals surface area contributed by atoms with E-state index in [1.165, 1.54) is 0 Å². The van der Waals surface area contributed by atoms with Gasteiger partial charge in [0.25, 0.3) is 0 Å². The standard InChI is InChI=1S/C10H12BrNO/c1-12(2)7-10(13)8-4-3-5-9(11)6-8/h3-6H,7H2,1-2H3. The zero-order chi connectivity index (χ0) is 9.84. The van der Waals surface area contributed by atoms with Crippen molar-refractivity contribution in [1.29, 1.82) is 0 Å². The van der Waals surface area contributed by atoms with Crippen LogP contribution in [0.3, 0.4) is 0 Å². The Bertz CT molecular complexity index is 310. The first-order valence-corrected chi connectivity index (χ1v) is 4.82. The molecule has 3 heteroatoms. The second-order valence-corrected chi connectivity index (χ2v) is 4.09. The van der Waals surface area contributed by atoms with E-state index in [1.807, 2.05) is 43.3 Å². The number of benzene rings is 1. The summed E-state index contributed by atoms with van der Waals surface area (Å²) in [6.07, 6.45) is 0. The van der Waals surface area contributed by atoms with Crippen molar-refractivity contribution >= 4 is 21.7 Å². The van der Waals surface area contributed by atoms with Crippen LogP contribution in [0.5, 0.6) is 0 Å². The first kappa shape index (κ1) is 10.4. The molecule has 13 heavy (non-hydrogen) atoms. The summed E-state index contributed by atoms with van der Waals surface area (Å²) in [6, 6.07) is 7.45. The van der Waals surface area contributed by atoms with Crippen LogP contribution in [0.25, 0.3) is 0 Å². The van der Waals surface area contributed by atoms with Gasteiger partial charge in [-0.25, -0.2) is 0 Å². The first-order valence-electron chi connectivity index (χ1n) is 4.03. The van der Waals surface area contributed by atoms with Crippen LogP contribution in [0.2, 0.25) is 0 Å². The zero-order valence-corrected chi connectivity index (χ0v) is 9.34. The highest BCUT2D eigenvalue weighted by atomic mass is 79.9. The van der Waals surface area contributed by atoms with Gasteiger partial charge in [0.1, 0.15) is 0 Å². The molecular formula is C10H12BrNO. The molecule has 0 amide bonds. The number of carbonyl (C=O) groups excluding carboxylic acids is 1. The van der Waals surface area contributed by atoms with Gasteiger partial charge in [0.2, 0.25) is 0 Å². The number of Topliss-reactive ketones (excluding diaryl/α,β-unsaturated/α-hetero) is 1. The van der Waals surface area contributed by atoms with E-state index in [4.69, 9.17) is 0 Å². The topological polar surface area (TPSA) is 20.3 Å². The maximum atomic E-state index is 11.5. The molecule has 0 saturated carbocycles. The van der Waals surface area contributed by atoms with E-state index in [-0.39, 0.29) is 5.78 Å². The smallest absolute Gasteiger partial charge is 0.176 e. The second kappa shape index (κ2) is 4.53. The number of rotatable bonds is 3. The van der Waals surface area contributed by atoms with Crippen LogP contribution < -0.4 is 0 Å². The molecule has 0 fully saturated rings. The fourth-order valence-electron chi connectivity index (χ4n) is 1.04. The minimum atomic E-state index is 0.145. The highest BCUT2D eigenvalue weighted by Gasteiger charge is 2.06. The Labute approximate surface area is 86.7 Å². The minimum absolute atomic E-state index is 0.145. The molecule has 0 spiro atoms. The number of hydrogen-bond donors (Lipinski definition) is 0. The summed E-state index contributed by atoms with van der Waals surface area (Å²) >= 11 is 3.33. The van der Waals surface area contributed by atoms with Crippen LogP contribution in [0.15, 0.2) is 28.7 Å². The molecule has 0 aliphatic heterocycles. The average molecular weight is 242 g/mol. The molecule has 0 saturated heterocycles. The largest absolute Gasteiger partial charge is 0.302 e. The third-order valence-corrected chi connectivity index (χ3v) is 2.10. The molecule has 0 aromatic heterocycles. The third-order valence-electron chi connectivity index (χ3n) is 1.61. The lowest BCUT2D eigenvalue weighted by Gasteiger charge is -2.08. The van der Waals surface area contributed by atoms with Crippen LogP contribution >= 0.6 is 15.9 Å². The number of ketones is 1. The molecule has 1 aromatic rings. The molecule has 0 atom stereocenters. The predicted octanol–water partition coefficient (Wildman–Crippen LogP) is 2.19. The van der Waals surface area contributed by atoms with E-state index in [9.17, 15) is 4.79 Å². The summed E-state index contributed by atoms with van der Waals surface area (Å²) in [5.74, 6) is 0.145. The highest BCUT2D eigenvalue weighted by Crippen LogP contribution is 2.12. The van der Waals surface area contributed by atoms with Gasteiger partial charge in [-0.15, -0.1) is 0 Å². The van der Waals surface area contributed by atoms with Crippen LogP contribution in [-0.4, -0.2) is 31.3 Å². The Morgan fingerprint density at radius 3 is 2.69 bits per heavy atom. The van der Waals surface area contributed by atoms with E-state index in [0.29, 0.717) is 6.54 Å². The monoisotopic (exact) mass is 241 g/mol. The predicted molar refractivity (Wildman–Crippen MR) is 57.0 cm³/mol. The summed E-state index contributed by atoms with van der Waals surface area (Å²) in [6.45, 7) is 0.455. The number of carbonyl (C=O) groups is 1. The Hall–Kier alpha value is -0.670. The van der Waals surface area contributed by atoms with Crippen LogP contribution in [0, 0.1) is 0 Å². The number of hydrogen-bond acceptors (Lipinski definition) is 2. The molecule has 0 unspecified atom stereocenters. The Kier molecular flexibility index (Phi) is 3.63. The minimum Gasteiger partial charge on any atom is -0.302 e. The zero-order valence-electron chi connectivity index (χ0n) is 7.75. The van der Waals surface area contributed by atoms with E-state index in [1.54, 1.807) is 0 Å². The summed E-state index contributed by atoms with van der Waals surface area (Å²) in [4.78, 5) is 13.4. The SMILES string of the molecule is CN(C)CC(=O)c1cccc(Br)c1. The molecule has 2 nitrogen and oxygen atoms in total. The van der Waals surface area contributed by atoms with E-state index >= 15 is 0 Å². The maximum Gasteiger partial charge on any atom is 0.176 e. The Morgan fingerprint density at radius 2 is 2.15 bits per heavy atom. The van der Waals surface area contributed by atoms with Gasteiger partial charge in [0.15, 0.2) is 5.78 Å². The highest BCUT2D eigenvalue weighted by molar-refractivity contribution is 9.10. The number of nitrogens with zero attached hydrogens (tertiary/aromatic N) is 1. The van der Waals surface area contributed by atoms with Gasteiger partial charge >= 0.3 is 0 Å². The molecule has 70 valence electrons. The molecule has 0 aliphatic carbocycles.